The van der Waals surface area contributed by atoms with Gasteiger partial charge in [0.05, 0.1) is 12.9 Å². The average Bonchev–Trinajstić information content (AvgIpc) is 1.84. The second kappa shape index (κ2) is 6.62. The fourth-order valence-electron chi connectivity index (χ4n) is 0.254. The Morgan fingerprint density at radius 3 is 1.92 bits per heavy atom. The summed E-state index contributed by atoms with van der Waals surface area (Å²) in [5.74, 6) is -0.312. The van der Waals surface area contributed by atoms with E-state index < -0.39 is 10.1 Å². The van der Waals surface area contributed by atoms with E-state index in [0.717, 1.165) is 0 Å². The number of esters is 1. The Morgan fingerprint density at radius 1 is 1.54 bits per heavy atom. The second-order valence-corrected chi connectivity index (χ2v) is 3.70. The number of rotatable bonds is 2. The average molecular weight is 210 g/mol. The molecule has 0 rings (SSSR count). The molecule has 0 bridgehead atoms. The second-order valence-electron chi connectivity index (χ2n) is 2.23. The van der Waals surface area contributed by atoms with E-state index in [1.165, 1.54) is 0 Å². The zero-order chi connectivity index (χ0) is 11.1. The predicted molar refractivity (Wildman–Crippen MR) is 48.9 cm³/mol. The summed E-state index contributed by atoms with van der Waals surface area (Å²) >= 11 is 0. The number of carbonyl (C=O) groups excluding carboxylic acids is 1. The third kappa shape index (κ3) is 24.7. The predicted octanol–water partition coefficient (Wildman–Crippen LogP) is 0.630. The summed E-state index contributed by atoms with van der Waals surface area (Å²) in [7, 11) is -3.67. The summed E-state index contributed by atoms with van der Waals surface area (Å²) in [4.78, 5) is 10.4. The lowest BCUT2D eigenvalue weighted by Gasteiger charge is -1.96. The van der Waals surface area contributed by atoms with Gasteiger partial charge in [0.25, 0.3) is 10.1 Å². The molecule has 13 heavy (non-hydrogen) atoms. The number of hydrogen-bond donors (Lipinski definition) is 1. The highest BCUT2D eigenvalue weighted by Gasteiger charge is 1.98. The van der Waals surface area contributed by atoms with Gasteiger partial charge in [0.2, 0.25) is 0 Å². The Balaban J connectivity index is 0. The minimum atomic E-state index is -3.67. The van der Waals surface area contributed by atoms with Crippen molar-refractivity contribution >= 4 is 16.1 Å². The molecule has 6 heteroatoms. The van der Waals surface area contributed by atoms with Gasteiger partial charge in [-0.3, -0.25) is 4.55 Å². The van der Waals surface area contributed by atoms with E-state index in [1.807, 2.05) is 0 Å². The molecule has 0 saturated heterocycles. The van der Waals surface area contributed by atoms with E-state index in [0.29, 0.717) is 18.4 Å². The van der Waals surface area contributed by atoms with Gasteiger partial charge in [0.1, 0.15) is 0 Å². The fourth-order valence-corrected chi connectivity index (χ4v) is 0.254. The molecule has 0 aliphatic heterocycles. The number of carbonyl (C=O) groups is 1. The van der Waals surface area contributed by atoms with E-state index >= 15 is 0 Å². The molecule has 0 aromatic rings. The maximum absolute atomic E-state index is 10.4. The normalized spacial score (nSPS) is 9.54. The lowest BCUT2D eigenvalue weighted by Crippen LogP contribution is -2.03. The van der Waals surface area contributed by atoms with Gasteiger partial charge in [-0.05, 0) is 13.8 Å². The molecule has 78 valence electrons. The van der Waals surface area contributed by atoms with Crippen molar-refractivity contribution in [1.82, 2.24) is 0 Å². The van der Waals surface area contributed by atoms with Crippen LogP contribution in [0.3, 0.4) is 0 Å². The van der Waals surface area contributed by atoms with Gasteiger partial charge in [-0.1, -0.05) is 6.58 Å². The van der Waals surface area contributed by atoms with Crippen LogP contribution in [0.15, 0.2) is 12.2 Å². The molecule has 0 fully saturated rings. The molecule has 1 N–H and O–H groups in total. The first-order chi connectivity index (χ1) is 5.68. The standard InChI is InChI=1S/C6H10O2.CH4O3S/c1-4-8-6(7)5(2)3;1-5(2,3)4/h2,4H2,1,3H3;1H3,(H,2,3,4). The van der Waals surface area contributed by atoms with Gasteiger partial charge in [-0.15, -0.1) is 0 Å². The highest BCUT2D eigenvalue weighted by atomic mass is 32.2. The Kier molecular flexibility index (Phi) is 7.45. The van der Waals surface area contributed by atoms with Crippen molar-refractivity contribution in [1.29, 1.82) is 0 Å². The van der Waals surface area contributed by atoms with Crippen LogP contribution < -0.4 is 0 Å². The highest BCUT2D eigenvalue weighted by molar-refractivity contribution is 7.85. The van der Waals surface area contributed by atoms with Crippen LogP contribution in [0.1, 0.15) is 13.8 Å². The van der Waals surface area contributed by atoms with Gasteiger partial charge in [0, 0.05) is 5.57 Å². The summed E-state index contributed by atoms with van der Waals surface area (Å²) in [6, 6.07) is 0. The minimum absolute atomic E-state index is 0.312. The minimum Gasteiger partial charge on any atom is -0.463 e. The van der Waals surface area contributed by atoms with Crippen molar-refractivity contribution < 1.29 is 22.5 Å². The molecular weight excluding hydrogens is 196 g/mol. The number of hydrogen-bond acceptors (Lipinski definition) is 4. The van der Waals surface area contributed by atoms with E-state index in [4.69, 9.17) is 4.55 Å². The summed E-state index contributed by atoms with van der Waals surface area (Å²) in [6.45, 7) is 7.21. The van der Waals surface area contributed by atoms with E-state index in [2.05, 4.69) is 11.3 Å². The van der Waals surface area contributed by atoms with Crippen molar-refractivity contribution in [3.8, 4) is 0 Å². The summed E-state index contributed by atoms with van der Waals surface area (Å²) < 4.78 is 30.4. The Hall–Kier alpha value is -0.880. The third-order valence-corrected chi connectivity index (χ3v) is 0.624. The van der Waals surface area contributed by atoms with Crippen LogP contribution in [0.25, 0.3) is 0 Å². The molecule has 0 spiro atoms. The molecule has 0 atom stereocenters. The van der Waals surface area contributed by atoms with Crippen molar-refractivity contribution in [2.24, 2.45) is 0 Å². The van der Waals surface area contributed by atoms with E-state index in [9.17, 15) is 13.2 Å². The highest BCUT2D eigenvalue weighted by Crippen LogP contribution is 1.89. The Bertz CT molecular complexity index is 257. The van der Waals surface area contributed by atoms with Crippen LogP contribution in [0.4, 0.5) is 0 Å². The molecule has 5 nitrogen and oxygen atoms in total. The first kappa shape index (κ1) is 14.6. The van der Waals surface area contributed by atoms with Crippen molar-refractivity contribution in [3.05, 3.63) is 12.2 Å². The molecular formula is C7H14O5S. The Morgan fingerprint density at radius 2 is 1.85 bits per heavy atom. The molecule has 0 saturated carbocycles. The summed E-state index contributed by atoms with van der Waals surface area (Å²) in [6.07, 6.45) is 0.715. The van der Waals surface area contributed by atoms with Crippen LogP contribution in [-0.4, -0.2) is 31.8 Å². The van der Waals surface area contributed by atoms with Gasteiger partial charge in [0.15, 0.2) is 0 Å². The first-order valence-electron chi connectivity index (χ1n) is 3.43. The third-order valence-electron chi connectivity index (χ3n) is 0.624. The van der Waals surface area contributed by atoms with Crippen molar-refractivity contribution in [2.45, 2.75) is 13.8 Å². The lowest BCUT2D eigenvalue weighted by atomic mass is 10.4. The van der Waals surface area contributed by atoms with Crippen molar-refractivity contribution in [3.63, 3.8) is 0 Å². The molecule has 0 aromatic heterocycles. The SMILES string of the molecule is C=C(C)C(=O)OCC.CS(=O)(=O)O. The molecule has 0 heterocycles. The summed E-state index contributed by atoms with van der Waals surface area (Å²) in [5.41, 5.74) is 0.451. The van der Waals surface area contributed by atoms with Crippen LogP contribution in [-0.2, 0) is 19.6 Å². The van der Waals surface area contributed by atoms with Gasteiger partial charge in [-0.25, -0.2) is 4.79 Å². The quantitative estimate of drug-likeness (QED) is 0.410. The van der Waals surface area contributed by atoms with Gasteiger partial charge in [-0.2, -0.15) is 8.42 Å². The molecule has 0 aliphatic carbocycles. The molecule has 0 amide bonds. The van der Waals surface area contributed by atoms with Crippen LogP contribution in [0.2, 0.25) is 0 Å². The molecule has 0 radical (unpaired) electrons. The zero-order valence-corrected chi connectivity index (χ0v) is 8.72. The smallest absolute Gasteiger partial charge is 0.333 e. The fraction of sp³-hybridized carbons (Fsp3) is 0.571. The van der Waals surface area contributed by atoms with Gasteiger partial charge < -0.3 is 4.74 Å². The maximum Gasteiger partial charge on any atom is 0.333 e. The number of ether oxygens (including phenoxy) is 1. The van der Waals surface area contributed by atoms with Crippen LogP contribution in [0, 0.1) is 0 Å². The topological polar surface area (TPSA) is 80.7 Å². The lowest BCUT2D eigenvalue weighted by molar-refractivity contribution is -0.138. The largest absolute Gasteiger partial charge is 0.463 e. The van der Waals surface area contributed by atoms with E-state index in [-0.39, 0.29) is 5.97 Å². The van der Waals surface area contributed by atoms with Crippen LogP contribution >= 0.6 is 0 Å². The van der Waals surface area contributed by atoms with Crippen molar-refractivity contribution in [2.75, 3.05) is 12.9 Å². The maximum atomic E-state index is 10.4. The first-order valence-corrected chi connectivity index (χ1v) is 5.28. The molecule has 0 aliphatic rings. The van der Waals surface area contributed by atoms with Gasteiger partial charge >= 0.3 is 5.97 Å². The van der Waals surface area contributed by atoms with Crippen LogP contribution in [0.5, 0.6) is 0 Å². The molecule has 0 unspecified atom stereocenters. The molecule has 0 aromatic carbocycles. The zero-order valence-electron chi connectivity index (χ0n) is 7.90. The summed E-state index contributed by atoms with van der Waals surface area (Å²) in [5, 5.41) is 0. The monoisotopic (exact) mass is 210 g/mol. The Labute approximate surface area is 78.1 Å². The van der Waals surface area contributed by atoms with E-state index in [1.54, 1.807) is 13.8 Å².